The predicted molar refractivity (Wildman–Crippen MR) is 137 cm³/mol. The summed E-state index contributed by atoms with van der Waals surface area (Å²) < 4.78 is 7.15. The van der Waals surface area contributed by atoms with Crippen LogP contribution in [0.2, 0.25) is 18.1 Å². The first-order valence-electron chi connectivity index (χ1n) is 10.6. The maximum Gasteiger partial charge on any atom is 0.197 e. The fraction of sp³-hybridized carbons (Fsp3) is 0.259. The number of hydrogen-bond donors (Lipinski definition) is 0. The van der Waals surface area contributed by atoms with Crippen molar-refractivity contribution in [1.82, 2.24) is 0 Å². The van der Waals surface area contributed by atoms with E-state index >= 15 is 0 Å². The van der Waals surface area contributed by atoms with Gasteiger partial charge in [0.05, 0.1) is 0 Å². The Morgan fingerprint density at radius 3 is 1.33 bits per heavy atom. The Morgan fingerprint density at radius 1 is 0.733 bits per heavy atom. The zero-order valence-electron chi connectivity index (χ0n) is 18.9. The van der Waals surface area contributed by atoms with Gasteiger partial charge in [-0.05, 0) is 60.6 Å². The standard InChI is InChI=1S/C27H34OPSi/c1-7-26(28-30(5,6)27(2,3)4)29(23-17-11-8-12-18-23,24-19-13-9-14-20-24)25-21-15-10-16-22-25/h7-22,26H,1H2,2-6H3/q+1. The summed E-state index contributed by atoms with van der Waals surface area (Å²) in [7, 11) is -4.18. The van der Waals surface area contributed by atoms with Gasteiger partial charge in [-0.15, -0.1) is 0 Å². The monoisotopic (exact) mass is 433 g/mol. The molecule has 1 nitrogen and oxygen atoms in total. The highest BCUT2D eigenvalue weighted by Crippen LogP contribution is 2.61. The first-order valence-corrected chi connectivity index (χ1v) is 15.4. The van der Waals surface area contributed by atoms with Gasteiger partial charge in [0.25, 0.3) is 0 Å². The molecule has 3 aromatic rings. The molecule has 0 bridgehead atoms. The van der Waals surface area contributed by atoms with Crippen LogP contribution in [-0.2, 0) is 4.43 Å². The third-order valence-electron chi connectivity index (χ3n) is 6.30. The van der Waals surface area contributed by atoms with Gasteiger partial charge in [-0.1, -0.05) is 81.9 Å². The molecule has 0 N–H and O–H groups in total. The molecule has 3 rings (SSSR count). The minimum Gasteiger partial charge on any atom is -0.380 e. The van der Waals surface area contributed by atoms with E-state index in [1.807, 2.05) is 0 Å². The van der Waals surface area contributed by atoms with Crippen molar-refractivity contribution in [2.24, 2.45) is 0 Å². The zero-order valence-corrected chi connectivity index (χ0v) is 20.8. The topological polar surface area (TPSA) is 9.23 Å². The highest BCUT2D eigenvalue weighted by atomic mass is 31.2. The molecule has 156 valence electrons. The Kier molecular flexibility index (Phi) is 6.82. The average Bonchev–Trinajstić information content (AvgIpc) is 2.75. The Balaban J connectivity index is 2.34. The fourth-order valence-electron chi connectivity index (χ4n) is 3.64. The highest BCUT2D eigenvalue weighted by molar-refractivity contribution is 7.96. The van der Waals surface area contributed by atoms with Crippen LogP contribution in [0.1, 0.15) is 20.8 Å². The molecule has 0 amide bonds. The predicted octanol–water partition coefficient (Wildman–Crippen LogP) is 6.51. The molecule has 0 radical (unpaired) electrons. The second-order valence-electron chi connectivity index (χ2n) is 9.23. The molecule has 0 saturated carbocycles. The maximum absolute atomic E-state index is 7.15. The van der Waals surface area contributed by atoms with Crippen LogP contribution >= 0.6 is 7.26 Å². The Hall–Kier alpha value is -1.99. The van der Waals surface area contributed by atoms with Crippen molar-refractivity contribution in [2.75, 3.05) is 0 Å². The quantitative estimate of drug-likeness (QED) is 0.234. The summed E-state index contributed by atoms with van der Waals surface area (Å²) in [5.74, 6) is -0.0920. The van der Waals surface area contributed by atoms with Crippen molar-refractivity contribution in [3.8, 4) is 0 Å². The highest BCUT2D eigenvalue weighted by Gasteiger charge is 2.55. The van der Waals surface area contributed by atoms with Crippen molar-refractivity contribution in [3.63, 3.8) is 0 Å². The van der Waals surface area contributed by atoms with Crippen molar-refractivity contribution >= 4 is 31.5 Å². The van der Waals surface area contributed by atoms with Gasteiger partial charge in [-0.2, -0.15) is 0 Å². The molecule has 0 fully saturated rings. The van der Waals surface area contributed by atoms with Crippen LogP contribution < -0.4 is 15.9 Å². The van der Waals surface area contributed by atoms with Gasteiger partial charge in [-0.25, -0.2) is 0 Å². The molecule has 0 aromatic heterocycles. The summed E-state index contributed by atoms with van der Waals surface area (Å²) >= 11 is 0. The molecule has 0 spiro atoms. The summed E-state index contributed by atoms with van der Waals surface area (Å²) in [6, 6.07) is 32.7. The normalized spacial score (nSPS) is 13.6. The van der Waals surface area contributed by atoms with Gasteiger partial charge >= 0.3 is 0 Å². The van der Waals surface area contributed by atoms with E-state index in [4.69, 9.17) is 4.43 Å². The Morgan fingerprint density at radius 2 is 1.07 bits per heavy atom. The van der Waals surface area contributed by atoms with E-state index < -0.39 is 15.6 Å². The zero-order chi connectivity index (χ0) is 21.8. The average molecular weight is 434 g/mol. The van der Waals surface area contributed by atoms with Crippen LogP contribution in [0.25, 0.3) is 0 Å². The summed E-state index contributed by atoms with van der Waals surface area (Å²) in [4.78, 5) is 0. The molecule has 0 heterocycles. The Bertz CT molecular complexity index is 850. The maximum atomic E-state index is 7.15. The van der Waals surface area contributed by atoms with Gasteiger partial charge in [0.1, 0.15) is 23.2 Å². The number of benzene rings is 3. The molecule has 0 aliphatic carbocycles. The lowest BCUT2D eigenvalue weighted by Crippen LogP contribution is -2.48. The molecule has 30 heavy (non-hydrogen) atoms. The molecule has 1 unspecified atom stereocenters. The van der Waals surface area contributed by atoms with E-state index in [2.05, 4.69) is 138 Å². The van der Waals surface area contributed by atoms with Gasteiger partial charge < -0.3 is 4.43 Å². The number of rotatable bonds is 7. The van der Waals surface area contributed by atoms with Crippen LogP contribution in [0.3, 0.4) is 0 Å². The van der Waals surface area contributed by atoms with Crippen LogP contribution in [0.4, 0.5) is 0 Å². The largest absolute Gasteiger partial charge is 0.380 e. The molecular weight excluding hydrogens is 399 g/mol. The van der Waals surface area contributed by atoms with Crippen LogP contribution in [-0.4, -0.2) is 14.2 Å². The molecule has 3 aromatic carbocycles. The molecule has 1 atom stereocenters. The van der Waals surface area contributed by atoms with Crippen LogP contribution in [0.5, 0.6) is 0 Å². The lowest BCUT2D eigenvalue weighted by Gasteiger charge is -2.42. The van der Waals surface area contributed by atoms with E-state index in [1.165, 1.54) is 15.9 Å². The van der Waals surface area contributed by atoms with E-state index in [1.54, 1.807) is 0 Å². The first-order chi connectivity index (χ1) is 14.2. The molecular formula is C27H34OPSi+. The van der Waals surface area contributed by atoms with E-state index in [0.29, 0.717) is 0 Å². The van der Waals surface area contributed by atoms with Crippen molar-refractivity contribution in [1.29, 1.82) is 0 Å². The van der Waals surface area contributed by atoms with Crippen LogP contribution in [0, 0.1) is 0 Å². The minimum absolute atomic E-state index is 0.0920. The van der Waals surface area contributed by atoms with Crippen molar-refractivity contribution < 1.29 is 4.43 Å². The second-order valence-corrected chi connectivity index (χ2v) is 17.5. The van der Waals surface area contributed by atoms with E-state index in [0.717, 1.165) is 0 Å². The second kappa shape index (κ2) is 9.02. The summed E-state index contributed by atoms with van der Waals surface area (Å²) in [5, 5.41) is 4.09. The van der Waals surface area contributed by atoms with Crippen molar-refractivity contribution in [2.45, 2.75) is 44.7 Å². The number of hydrogen-bond acceptors (Lipinski definition) is 1. The van der Waals surface area contributed by atoms with Gasteiger partial charge in [-0.3, -0.25) is 0 Å². The molecule has 0 saturated heterocycles. The van der Waals surface area contributed by atoms with Gasteiger partial charge in [0.15, 0.2) is 14.2 Å². The smallest absolute Gasteiger partial charge is 0.197 e. The fourth-order valence-corrected chi connectivity index (χ4v) is 10.1. The lowest BCUT2D eigenvalue weighted by molar-refractivity contribution is 0.296. The summed E-state index contributed by atoms with van der Waals surface area (Å²) in [6.07, 6.45) is 2.06. The van der Waals surface area contributed by atoms with E-state index in [-0.39, 0.29) is 10.9 Å². The summed E-state index contributed by atoms with van der Waals surface area (Å²) in [6.45, 7) is 15.9. The Labute approximate surface area is 184 Å². The third-order valence-corrected chi connectivity index (χ3v) is 15.4. The molecule has 0 aliphatic rings. The summed E-state index contributed by atoms with van der Waals surface area (Å²) in [5.41, 5.74) is 0. The van der Waals surface area contributed by atoms with Crippen molar-refractivity contribution in [3.05, 3.63) is 104 Å². The lowest BCUT2D eigenvalue weighted by atomic mass is 10.2. The van der Waals surface area contributed by atoms with E-state index in [9.17, 15) is 0 Å². The molecule has 3 heteroatoms. The SMILES string of the molecule is C=CC(O[Si](C)(C)C(C)(C)C)[P+](c1ccccc1)(c1ccccc1)c1ccccc1. The minimum atomic E-state index is -2.13. The molecule has 0 aliphatic heterocycles. The first kappa shape index (κ1) is 22.7. The van der Waals surface area contributed by atoms with Gasteiger partial charge in [0, 0.05) is 0 Å². The third kappa shape index (κ3) is 4.23. The van der Waals surface area contributed by atoms with Crippen LogP contribution in [0.15, 0.2) is 104 Å². The van der Waals surface area contributed by atoms with Gasteiger partial charge in [0.2, 0.25) is 0 Å².